The molecule has 41 heavy (non-hydrogen) atoms. The van der Waals surface area contributed by atoms with Crippen LogP contribution in [-0.4, -0.2) is 14.5 Å². The normalized spacial score (nSPS) is 13.9. The number of nitriles is 1. The quantitative estimate of drug-likeness (QED) is 0.210. The van der Waals surface area contributed by atoms with Gasteiger partial charge in [-0.2, -0.15) is 5.26 Å². The summed E-state index contributed by atoms with van der Waals surface area (Å²) in [6.07, 6.45) is 3.73. The lowest BCUT2D eigenvalue weighted by atomic mass is 9.67. The van der Waals surface area contributed by atoms with Crippen molar-refractivity contribution in [2.24, 2.45) is 0 Å². The van der Waals surface area contributed by atoms with Crippen LogP contribution in [0.15, 0.2) is 131 Å². The highest BCUT2D eigenvalue weighted by Gasteiger charge is 2.51. The second-order valence-electron chi connectivity index (χ2n) is 10.5. The summed E-state index contributed by atoms with van der Waals surface area (Å²) in [7, 11) is 0. The molecule has 0 fully saturated rings. The lowest BCUT2D eigenvalue weighted by Crippen LogP contribution is -2.32. The Labute approximate surface area is 240 Å². The zero-order valence-electron chi connectivity index (χ0n) is 21.7. The molecule has 7 aromatic rings. The number of aromatic nitrogens is 3. The van der Waals surface area contributed by atoms with Crippen LogP contribution in [0.1, 0.15) is 27.8 Å². The van der Waals surface area contributed by atoms with Crippen molar-refractivity contribution in [2.75, 3.05) is 0 Å². The Bertz CT molecular complexity index is 2230. The van der Waals surface area contributed by atoms with Crippen molar-refractivity contribution in [3.05, 3.63) is 149 Å². The van der Waals surface area contributed by atoms with Crippen LogP contribution < -0.4 is 0 Å². The van der Waals surface area contributed by atoms with E-state index in [2.05, 4.69) is 95.6 Å². The molecule has 0 saturated carbocycles. The van der Waals surface area contributed by atoms with Crippen molar-refractivity contribution in [1.29, 1.82) is 5.26 Å². The molecule has 1 aliphatic carbocycles. The van der Waals surface area contributed by atoms with Gasteiger partial charge >= 0.3 is 0 Å². The smallest absolute Gasteiger partial charge is 0.0991 e. The predicted octanol–water partition coefficient (Wildman–Crippen LogP) is 8.27. The molecular formula is C36H20N4S. The minimum Gasteiger partial charge on any atom is -0.309 e. The predicted molar refractivity (Wildman–Crippen MR) is 163 cm³/mol. The van der Waals surface area contributed by atoms with Crippen LogP contribution in [0.2, 0.25) is 0 Å². The van der Waals surface area contributed by atoms with Crippen LogP contribution in [0.5, 0.6) is 0 Å². The van der Waals surface area contributed by atoms with E-state index < -0.39 is 5.41 Å². The van der Waals surface area contributed by atoms with Gasteiger partial charge < -0.3 is 4.57 Å². The SMILES string of the molecule is N#Cc1ccc2c(c1)c1ccccc1n2-c1ccc2c(c1)C1(c3ccccc3S2)c2cccnc2-c2ncccc21. The van der Waals surface area contributed by atoms with Crippen LogP contribution in [0.25, 0.3) is 38.9 Å². The van der Waals surface area contributed by atoms with Crippen LogP contribution in [0, 0.1) is 11.3 Å². The Kier molecular flexibility index (Phi) is 4.51. The van der Waals surface area contributed by atoms with Gasteiger partial charge in [0.2, 0.25) is 0 Å². The second kappa shape index (κ2) is 8.17. The molecule has 5 heteroatoms. The Morgan fingerprint density at radius 1 is 0.610 bits per heavy atom. The highest BCUT2D eigenvalue weighted by molar-refractivity contribution is 7.99. The summed E-state index contributed by atoms with van der Waals surface area (Å²) in [6.45, 7) is 0. The average Bonchev–Trinajstić information content (AvgIpc) is 3.52. The number of fused-ring (bicyclic) bond motifs is 12. The molecule has 4 nitrogen and oxygen atoms in total. The molecule has 3 aromatic heterocycles. The molecule has 9 rings (SSSR count). The van der Waals surface area contributed by atoms with Gasteiger partial charge in [-0.1, -0.05) is 60.3 Å². The van der Waals surface area contributed by atoms with E-state index in [4.69, 9.17) is 9.97 Å². The molecule has 0 bridgehead atoms. The van der Waals surface area contributed by atoms with E-state index in [1.165, 1.54) is 32.0 Å². The molecule has 1 spiro atoms. The van der Waals surface area contributed by atoms with Crippen molar-refractivity contribution in [3.8, 4) is 23.1 Å². The highest BCUT2D eigenvalue weighted by atomic mass is 32.2. The Morgan fingerprint density at radius 3 is 2.10 bits per heavy atom. The van der Waals surface area contributed by atoms with Crippen LogP contribution in [0.3, 0.4) is 0 Å². The first-order chi connectivity index (χ1) is 20.3. The van der Waals surface area contributed by atoms with Crippen LogP contribution in [0.4, 0.5) is 0 Å². The van der Waals surface area contributed by atoms with Crippen molar-refractivity contribution in [2.45, 2.75) is 15.2 Å². The first kappa shape index (κ1) is 22.6. The molecule has 4 aromatic carbocycles. The molecule has 190 valence electrons. The molecule has 0 N–H and O–H groups in total. The Hall–Kier alpha value is -5.18. The monoisotopic (exact) mass is 540 g/mol. The summed E-state index contributed by atoms with van der Waals surface area (Å²) in [5.74, 6) is 0. The topological polar surface area (TPSA) is 54.5 Å². The van der Waals surface area contributed by atoms with E-state index in [0.717, 1.165) is 38.9 Å². The third-order valence-corrected chi connectivity index (χ3v) is 9.74. The third kappa shape index (κ3) is 2.84. The van der Waals surface area contributed by atoms with Gasteiger partial charge in [-0.15, -0.1) is 0 Å². The zero-order chi connectivity index (χ0) is 27.1. The number of hydrogen-bond donors (Lipinski definition) is 0. The van der Waals surface area contributed by atoms with E-state index >= 15 is 0 Å². The van der Waals surface area contributed by atoms with Gasteiger partial charge in [-0.05, 0) is 82.9 Å². The summed E-state index contributed by atoms with van der Waals surface area (Å²) < 4.78 is 2.33. The van der Waals surface area contributed by atoms with E-state index in [1.807, 2.05) is 48.4 Å². The molecule has 0 radical (unpaired) electrons. The van der Waals surface area contributed by atoms with Crippen molar-refractivity contribution < 1.29 is 0 Å². The van der Waals surface area contributed by atoms with Crippen LogP contribution in [-0.2, 0) is 5.41 Å². The Balaban J connectivity index is 1.41. The van der Waals surface area contributed by atoms with Crippen LogP contribution >= 0.6 is 11.8 Å². The van der Waals surface area contributed by atoms with Gasteiger partial charge in [0.05, 0.1) is 39.5 Å². The zero-order valence-corrected chi connectivity index (χ0v) is 22.6. The highest BCUT2D eigenvalue weighted by Crippen LogP contribution is 2.61. The lowest BCUT2D eigenvalue weighted by molar-refractivity contribution is 0.718. The molecule has 0 saturated heterocycles. The molecule has 0 unspecified atom stereocenters. The van der Waals surface area contributed by atoms with Gasteiger partial charge in [0.15, 0.2) is 0 Å². The maximum atomic E-state index is 9.61. The molecule has 2 aliphatic rings. The molecule has 1 aliphatic heterocycles. The molecule has 0 amide bonds. The number of para-hydroxylation sites is 1. The Morgan fingerprint density at radius 2 is 1.29 bits per heavy atom. The fourth-order valence-corrected chi connectivity index (χ4v) is 8.18. The van der Waals surface area contributed by atoms with E-state index in [1.54, 1.807) is 0 Å². The number of rotatable bonds is 1. The number of benzene rings is 4. The standard InChI is InChI=1S/C36H20N4S/c37-21-22-13-15-31-25(19-22)24-7-1-3-11-30(24)40(31)23-14-16-33-29(20-23)36(26-8-2-4-12-32(26)41-33)27-9-5-17-38-34(27)35-28(36)10-6-18-39-35/h1-20H. The van der Waals surface area contributed by atoms with Crippen molar-refractivity contribution in [3.63, 3.8) is 0 Å². The maximum Gasteiger partial charge on any atom is 0.0991 e. The first-order valence-corrected chi connectivity index (χ1v) is 14.4. The molecular weight excluding hydrogens is 520 g/mol. The van der Waals surface area contributed by atoms with Gasteiger partial charge in [-0.25, -0.2) is 0 Å². The molecule has 0 atom stereocenters. The van der Waals surface area contributed by atoms with Gasteiger partial charge in [0.25, 0.3) is 0 Å². The van der Waals surface area contributed by atoms with Crippen molar-refractivity contribution in [1.82, 2.24) is 14.5 Å². The number of hydrogen-bond acceptors (Lipinski definition) is 4. The van der Waals surface area contributed by atoms with Gasteiger partial charge in [-0.3, -0.25) is 9.97 Å². The minimum atomic E-state index is -0.535. The van der Waals surface area contributed by atoms with Gasteiger partial charge in [0.1, 0.15) is 0 Å². The van der Waals surface area contributed by atoms with E-state index in [-0.39, 0.29) is 0 Å². The summed E-state index contributed by atoms with van der Waals surface area (Å²) in [6, 6.07) is 40.9. The maximum absolute atomic E-state index is 9.61. The van der Waals surface area contributed by atoms with E-state index in [9.17, 15) is 5.26 Å². The first-order valence-electron chi connectivity index (χ1n) is 13.6. The lowest BCUT2D eigenvalue weighted by Gasteiger charge is -2.39. The number of pyridine rings is 2. The average molecular weight is 541 g/mol. The molecule has 4 heterocycles. The summed E-state index contributed by atoms with van der Waals surface area (Å²) in [5.41, 5.74) is 10.1. The third-order valence-electron chi connectivity index (χ3n) is 8.59. The van der Waals surface area contributed by atoms with Gasteiger partial charge in [0, 0.05) is 38.6 Å². The largest absolute Gasteiger partial charge is 0.309 e. The fourth-order valence-electron chi connectivity index (χ4n) is 7.01. The summed E-state index contributed by atoms with van der Waals surface area (Å²) in [4.78, 5) is 12.2. The fraction of sp³-hybridized carbons (Fsp3) is 0.0278. The summed E-state index contributed by atoms with van der Waals surface area (Å²) >= 11 is 1.82. The number of nitrogens with zero attached hydrogens (tertiary/aromatic N) is 4. The minimum absolute atomic E-state index is 0.535. The second-order valence-corrected chi connectivity index (χ2v) is 11.6. The van der Waals surface area contributed by atoms with Crippen molar-refractivity contribution >= 4 is 33.6 Å². The van der Waals surface area contributed by atoms with E-state index in [0.29, 0.717) is 5.56 Å². The summed E-state index contributed by atoms with van der Waals surface area (Å²) in [5, 5.41) is 11.8.